The van der Waals surface area contributed by atoms with Crippen molar-refractivity contribution in [3.05, 3.63) is 0 Å². The molecule has 0 saturated heterocycles. The van der Waals surface area contributed by atoms with Gasteiger partial charge in [0, 0.05) is 0 Å². The molecule has 0 unspecified atom stereocenters. The summed E-state index contributed by atoms with van der Waals surface area (Å²) >= 11 is 3.83. The highest BCUT2D eigenvalue weighted by atomic mass is 33.5. The number of aliphatic hydroxyl groups excluding tert-OH is 3. The Morgan fingerprint density at radius 1 is 1.27 bits per heavy atom. The first-order valence-electron chi connectivity index (χ1n) is 4.05. The summed E-state index contributed by atoms with van der Waals surface area (Å²) in [5.74, 6) is -0.340. The molecule has 15 heavy (non-hydrogen) atoms. The molecule has 0 aliphatic heterocycles. The van der Waals surface area contributed by atoms with Crippen LogP contribution in [0.15, 0.2) is 0 Å². The smallest absolute Gasteiger partial charge is 0.316 e. The summed E-state index contributed by atoms with van der Waals surface area (Å²) in [6.45, 7) is -1.53. The topological polar surface area (TPSA) is 87.0 Å². The van der Waals surface area contributed by atoms with Crippen LogP contribution < -0.4 is 0 Å². The number of carbonyl (C=O) groups excluding carboxylic acids is 1. The van der Waals surface area contributed by atoms with E-state index < -0.39 is 31.2 Å². The second-order valence-electron chi connectivity index (χ2n) is 2.97. The molecule has 0 spiro atoms. The molecule has 0 saturated carbocycles. The van der Waals surface area contributed by atoms with Crippen LogP contribution in [0.1, 0.15) is 0 Å². The Kier molecular flexibility index (Phi) is 8.77. The van der Waals surface area contributed by atoms with Crippen molar-refractivity contribution in [3.63, 3.8) is 0 Å². The van der Waals surface area contributed by atoms with Gasteiger partial charge in [-0.1, -0.05) is 22.5 Å². The summed E-state index contributed by atoms with van der Waals surface area (Å²) in [7, 11) is 2.35. The van der Waals surface area contributed by atoms with Gasteiger partial charge in [0.2, 0.25) is 0 Å². The fraction of sp³-hybridized carbons (Fsp3) is 0.857. The standard InChI is InChI=1S/C7H14O5S3/c8-2-7(3-9,4-10)5-12-6(11)1-14-15-13/h8-10,13H,1-5H2. The van der Waals surface area contributed by atoms with Crippen LogP contribution in [-0.2, 0) is 9.53 Å². The van der Waals surface area contributed by atoms with E-state index >= 15 is 0 Å². The van der Waals surface area contributed by atoms with Gasteiger partial charge in [0.25, 0.3) is 0 Å². The van der Waals surface area contributed by atoms with Gasteiger partial charge in [-0.05, 0) is 9.83 Å². The molecule has 0 amide bonds. The van der Waals surface area contributed by atoms with Crippen molar-refractivity contribution in [3.8, 4) is 0 Å². The van der Waals surface area contributed by atoms with Crippen LogP contribution in [0.4, 0.5) is 0 Å². The number of hydrogen-bond donors (Lipinski definition) is 4. The lowest BCUT2D eigenvalue weighted by Gasteiger charge is -2.26. The van der Waals surface area contributed by atoms with Gasteiger partial charge in [-0.3, -0.25) is 4.79 Å². The van der Waals surface area contributed by atoms with Gasteiger partial charge in [-0.2, -0.15) is 0 Å². The number of rotatable bonds is 8. The molecule has 0 heterocycles. The van der Waals surface area contributed by atoms with Gasteiger partial charge < -0.3 is 20.1 Å². The van der Waals surface area contributed by atoms with Gasteiger partial charge in [0.15, 0.2) is 0 Å². The predicted molar refractivity (Wildman–Crippen MR) is 63.7 cm³/mol. The monoisotopic (exact) mass is 274 g/mol. The zero-order valence-corrected chi connectivity index (χ0v) is 10.5. The number of esters is 1. The Hall–Kier alpha value is 0.400. The maximum atomic E-state index is 11.1. The van der Waals surface area contributed by atoms with E-state index in [0.717, 1.165) is 9.83 Å². The van der Waals surface area contributed by atoms with Gasteiger partial charge in [0.1, 0.15) is 12.4 Å². The van der Waals surface area contributed by atoms with Crippen LogP contribution in [0.25, 0.3) is 0 Å². The first-order valence-corrected chi connectivity index (χ1v) is 7.42. The molecule has 5 nitrogen and oxygen atoms in total. The molecular formula is C7H14O5S3. The summed E-state index contributed by atoms with van der Waals surface area (Å²) in [5, 5.41) is 26.8. The third-order valence-corrected chi connectivity index (χ3v) is 3.85. The van der Waals surface area contributed by atoms with E-state index in [1.807, 2.05) is 0 Å². The molecule has 0 aliphatic carbocycles. The minimum Gasteiger partial charge on any atom is -0.464 e. The number of thiol groups is 1. The average Bonchev–Trinajstić information content (AvgIpc) is 2.29. The molecule has 0 aromatic heterocycles. The van der Waals surface area contributed by atoms with Gasteiger partial charge in [-0.15, -0.1) is 0 Å². The molecular weight excluding hydrogens is 260 g/mol. The van der Waals surface area contributed by atoms with Crippen LogP contribution in [0.2, 0.25) is 0 Å². The van der Waals surface area contributed by atoms with E-state index in [9.17, 15) is 4.79 Å². The van der Waals surface area contributed by atoms with E-state index in [0.29, 0.717) is 0 Å². The maximum absolute atomic E-state index is 11.1. The Bertz CT molecular complexity index is 177. The zero-order valence-electron chi connectivity index (χ0n) is 7.96. The Labute approximate surface area is 101 Å². The van der Waals surface area contributed by atoms with Crippen LogP contribution in [-0.4, -0.2) is 53.5 Å². The highest BCUT2D eigenvalue weighted by molar-refractivity contribution is 9.05. The molecule has 3 N–H and O–H groups in total. The molecule has 90 valence electrons. The predicted octanol–water partition coefficient (Wildman–Crippen LogP) is -0.281. The van der Waals surface area contributed by atoms with Gasteiger partial charge >= 0.3 is 5.97 Å². The number of ether oxygens (including phenoxy) is 1. The Balaban J connectivity index is 3.93. The van der Waals surface area contributed by atoms with Crippen molar-refractivity contribution in [1.29, 1.82) is 0 Å². The molecule has 0 bridgehead atoms. The highest BCUT2D eigenvalue weighted by Crippen LogP contribution is 2.24. The average molecular weight is 274 g/mol. The molecule has 8 heteroatoms. The van der Waals surface area contributed by atoms with Crippen molar-refractivity contribution in [1.82, 2.24) is 0 Å². The summed E-state index contributed by atoms with van der Waals surface area (Å²) < 4.78 is 4.80. The van der Waals surface area contributed by atoms with E-state index in [1.54, 1.807) is 0 Å². The van der Waals surface area contributed by atoms with E-state index in [1.165, 1.54) is 10.8 Å². The van der Waals surface area contributed by atoms with Crippen molar-refractivity contribution < 1.29 is 24.9 Å². The van der Waals surface area contributed by atoms with Gasteiger partial charge in [0.05, 0.1) is 25.2 Å². The fourth-order valence-electron chi connectivity index (χ4n) is 0.637. The van der Waals surface area contributed by atoms with Crippen molar-refractivity contribution in [2.24, 2.45) is 5.41 Å². The molecule has 0 rings (SSSR count). The largest absolute Gasteiger partial charge is 0.464 e. The summed E-state index contributed by atoms with van der Waals surface area (Å²) in [6.07, 6.45) is 0. The van der Waals surface area contributed by atoms with E-state index in [-0.39, 0.29) is 12.4 Å². The first kappa shape index (κ1) is 15.4. The van der Waals surface area contributed by atoms with Gasteiger partial charge in [-0.25, -0.2) is 0 Å². The summed E-state index contributed by atoms with van der Waals surface area (Å²) in [5.41, 5.74) is -1.16. The van der Waals surface area contributed by atoms with E-state index in [2.05, 4.69) is 11.7 Å². The minimum absolute atomic E-state index is 0.131. The second kappa shape index (κ2) is 8.54. The Morgan fingerprint density at radius 3 is 2.20 bits per heavy atom. The molecule has 0 radical (unpaired) electrons. The van der Waals surface area contributed by atoms with Crippen LogP contribution in [0.5, 0.6) is 0 Å². The molecule has 0 fully saturated rings. The zero-order chi connectivity index (χ0) is 11.7. The third-order valence-electron chi connectivity index (χ3n) is 1.78. The molecule has 0 aliphatic rings. The first-order chi connectivity index (χ1) is 7.14. The lowest BCUT2D eigenvalue weighted by molar-refractivity contribution is -0.148. The van der Waals surface area contributed by atoms with Crippen LogP contribution in [0, 0.1) is 5.41 Å². The van der Waals surface area contributed by atoms with Crippen molar-refractivity contribution in [2.75, 3.05) is 32.2 Å². The maximum Gasteiger partial charge on any atom is 0.316 e. The van der Waals surface area contributed by atoms with Crippen LogP contribution in [0.3, 0.4) is 0 Å². The van der Waals surface area contributed by atoms with E-state index in [4.69, 9.17) is 20.1 Å². The molecule has 0 aromatic carbocycles. The fourth-order valence-corrected chi connectivity index (χ4v) is 1.79. The van der Waals surface area contributed by atoms with Crippen LogP contribution >= 0.6 is 32.3 Å². The Morgan fingerprint density at radius 2 is 1.80 bits per heavy atom. The van der Waals surface area contributed by atoms with Crippen molar-refractivity contribution >= 4 is 38.2 Å². The molecule has 0 aromatic rings. The number of hydrogen-bond acceptors (Lipinski definition) is 8. The SMILES string of the molecule is O=C(CSSS)OCC(CO)(CO)CO. The second-order valence-corrected chi connectivity index (χ2v) is 6.14. The third kappa shape index (κ3) is 5.88. The summed E-state index contributed by atoms with van der Waals surface area (Å²) in [4.78, 5) is 11.1. The number of carbonyl (C=O) groups is 1. The normalized spacial score (nSPS) is 11.5. The quantitative estimate of drug-likeness (QED) is 0.275. The lowest BCUT2D eigenvalue weighted by Crippen LogP contribution is -2.39. The minimum atomic E-state index is -1.16. The highest BCUT2D eigenvalue weighted by Gasteiger charge is 2.30. The molecule has 0 atom stereocenters. The lowest BCUT2D eigenvalue weighted by atomic mass is 9.93. The number of aliphatic hydroxyl groups is 3. The summed E-state index contributed by atoms with van der Waals surface area (Å²) in [6, 6.07) is 0. The van der Waals surface area contributed by atoms with Crippen molar-refractivity contribution in [2.45, 2.75) is 0 Å².